The van der Waals surface area contributed by atoms with Crippen molar-refractivity contribution in [2.45, 2.75) is 59.6 Å². The second-order valence-electron chi connectivity index (χ2n) is 9.30. The van der Waals surface area contributed by atoms with Gasteiger partial charge in [0.25, 0.3) is 5.91 Å². The van der Waals surface area contributed by atoms with Gasteiger partial charge in [0.1, 0.15) is 18.6 Å². The average molecular weight is 458 g/mol. The van der Waals surface area contributed by atoms with Crippen LogP contribution in [-0.4, -0.2) is 12.2 Å². The average Bonchev–Trinajstić information content (AvgIpc) is 2.83. The molecule has 1 N–H and O–H groups in total. The van der Waals surface area contributed by atoms with Crippen molar-refractivity contribution in [1.82, 2.24) is 5.32 Å². The molecule has 0 aromatic heterocycles. The van der Waals surface area contributed by atoms with Crippen molar-refractivity contribution in [1.29, 1.82) is 0 Å². The van der Waals surface area contributed by atoms with Crippen LogP contribution in [0.3, 0.4) is 0 Å². The van der Waals surface area contributed by atoms with Gasteiger partial charge in [0.05, 0.1) is 6.04 Å². The maximum Gasteiger partial charge on any atom is 0.252 e. The van der Waals surface area contributed by atoms with E-state index < -0.39 is 0 Å². The molecule has 0 saturated heterocycles. The number of rotatable bonds is 11. The fourth-order valence-electron chi connectivity index (χ4n) is 4.01. The molecule has 0 aliphatic rings. The van der Waals surface area contributed by atoms with Crippen molar-refractivity contribution in [2.24, 2.45) is 5.92 Å². The van der Waals surface area contributed by atoms with Gasteiger partial charge in [-0.1, -0.05) is 62.4 Å². The Morgan fingerprint density at radius 2 is 1.74 bits per heavy atom. The lowest BCUT2D eigenvalue weighted by Gasteiger charge is -2.23. The van der Waals surface area contributed by atoms with Gasteiger partial charge in [-0.25, -0.2) is 0 Å². The van der Waals surface area contributed by atoms with Gasteiger partial charge in [-0.15, -0.1) is 0 Å². The molecule has 3 aromatic rings. The molecule has 0 aliphatic heterocycles. The van der Waals surface area contributed by atoms with Crippen LogP contribution in [0.2, 0.25) is 0 Å². The highest BCUT2D eigenvalue weighted by molar-refractivity contribution is 5.96. The maximum absolute atomic E-state index is 13.5. The summed E-state index contributed by atoms with van der Waals surface area (Å²) in [5.41, 5.74) is 5.96. The summed E-state index contributed by atoms with van der Waals surface area (Å²) in [6, 6.07) is 21.7. The summed E-state index contributed by atoms with van der Waals surface area (Å²) >= 11 is 0. The molecule has 0 aliphatic carbocycles. The Labute approximate surface area is 203 Å². The third-order valence-electron chi connectivity index (χ3n) is 6.04. The van der Waals surface area contributed by atoms with Gasteiger partial charge in [-0.2, -0.15) is 0 Å². The van der Waals surface area contributed by atoms with Crippen LogP contribution in [0.4, 0.5) is 0 Å². The molecule has 1 unspecified atom stereocenters. The quantitative estimate of drug-likeness (QED) is 0.333. The van der Waals surface area contributed by atoms with E-state index >= 15 is 0 Å². The second kappa shape index (κ2) is 12.2. The SMILES string of the molecule is Cc1ccc(C(CC(C)C)NC(=O)c2cc(COc3ccccc3)ccc2CCC=O)cc1C. The molecule has 3 aromatic carbocycles. The molecule has 4 heteroatoms. The zero-order valence-corrected chi connectivity index (χ0v) is 20.6. The fraction of sp³-hybridized carbons (Fsp3) is 0.333. The van der Waals surface area contributed by atoms with Gasteiger partial charge < -0.3 is 14.8 Å². The largest absolute Gasteiger partial charge is 0.489 e. The third-order valence-corrected chi connectivity index (χ3v) is 6.04. The van der Waals surface area contributed by atoms with Crippen LogP contribution < -0.4 is 10.1 Å². The molecule has 4 nitrogen and oxygen atoms in total. The van der Waals surface area contributed by atoms with Crippen LogP contribution in [0.25, 0.3) is 0 Å². The number of hydrogen-bond donors (Lipinski definition) is 1. The van der Waals surface area contributed by atoms with Gasteiger partial charge in [0, 0.05) is 12.0 Å². The molecule has 0 fully saturated rings. The molecule has 178 valence electrons. The molecule has 0 saturated carbocycles. The molecule has 34 heavy (non-hydrogen) atoms. The van der Waals surface area contributed by atoms with Crippen LogP contribution >= 0.6 is 0 Å². The number of carbonyl (C=O) groups excluding carboxylic acids is 2. The molecule has 0 heterocycles. The molecule has 1 atom stereocenters. The number of nitrogens with one attached hydrogen (secondary N) is 1. The van der Waals surface area contributed by atoms with E-state index in [0.717, 1.165) is 35.1 Å². The van der Waals surface area contributed by atoms with Crippen LogP contribution in [0.1, 0.15) is 70.9 Å². The standard InChI is InChI=1S/C30H35NO3/c1-21(2)17-29(26-14-12-22(3)23(4)18-26)31-30(33)28-19-24(13-15-25(28)9-8-16-32)20-34-27-10-6-5-7-11-27/h5-7,10-16,18-19,21,29H,8-9,17,20H2,1-4H3,(H,31,33). The number of para-hydroxylation sites is 1. The first-order valence-corrected chi connectivity index (χ1v) is 12.0. The number of carbonyl (C=O) groups is 2. The smallest absolute Gasteiger partial charge is 0.252 e. The molecular weight excluding hydrogens is 422 g/mol. The van der Waals surface area contributed by atoms with E-state index in [9.17, 15) is 9.59 Å². The van der Waals surface area contributed by atoms with Crippen molar-refractivity contribution in [2.75, 3.05) is 0 Å². The third kappa shape index (κ3) is 7.05. The fourth-order valence-corrected chi connectivity index (χ4v) is 4.01. The topological polar surface area (TPSA) is 55.4 Å². The summed E-state index contributed by atoms with van der Waals surface area (Å²) in [5.74, 6) is 1.09. The Morgan fingerprint density at radius 1 is 0.971 bits per heavy atom. The van der Waals surface area contributed by atoms with E-state index in [-0.39, 0.29) is 11.9 Å². The van der Waals surface area contributed by atoms with Gasteiger partial charge in [0.2, 0.25) is 0 Å². The number of aldehydes is 1. The Morgan fingerprint density at radius 3 is 2.41 bits per heavy atom. The Bertz CT molecular complexity index is 1110. The Balaban J connectivity index is 1.86. The molecular formula is C30H35NO3. The van der Waals surface area contributed by atoms with Crippen molar-refractivity contribution >= 4 is 12.2 Å². The van der Waals surface area contributed by atoms with Crippen molar-refractivity contribution in [3.05, 3.63) is 100 Å². The monoisotopic (exact) mass is 457 g/mol. The van der Waals surface area contributed by atoms with E-state index in [1.165, 1.54) is 11.1 Å². The van der Waals surface area contributed by atoms with Crippen molar-refractivity contribution in [3.63, 3.8) is 0 Å². The lowest BCUT2D eigenvalue weighted by molar-refractivity contribution is -0.107. The van der Waals surface area contributed by atoms with Crippen LogP contribution in [0, 0.1) is 19.8 Å². The first-order valence-electron chi connectivity index (χ1n) is 12.0. The minimum absolute atomic E-state index is 0.0880. The Kier molecular flexibility index (Phi) is 9.03. The minimum Gasteiger partial charge on any atom is -0.489 e. The highest BCUT2D eigenvalue weighted by atomic mass is 16.5. The normalized spacial score (nSPS) is 11.8. The number of benzene rings is 3. The highest BCUT2D eigenvalue weighted by Crippen LogP contribution is 2.25. The molecule has 0 radical (unpaired) electrons. The summed E-state index contributed by atoms with van der Waals surface area (Å²) in [4.78, 5) is 24.5. The number of hydrogen-bond acceptors (Lipinski definition) is 3. The van der Waals surface area contributed by atoms with E-state index in [2.05, 4.69) is 51.2 Å². The number of amides is 1. The van der Waals surface area contributed by atoms with Gasteiger partial charge in [-0.05, 0) is 78.6 Å². The lowest BCUT2D eigenvalue weighted by Crippen LogP contribution is -2.30. The van der Waals surface area contributed by atoms with E-state index in [1.54, 1.807) is 0 Å². The maximum atomic E-state index is 13.5. The summed E-state index contributed by atoms with van der Waals surface area (Å²) in [6.07, 6.45) is 2.65. The molecule has 1 amide bonds. The minimum atomic E-state index is -0.119. The van der Waals surface area contributed by atoms with Crippen LogP contribution in [-0.2, 0) is 17.8 Å². The number of aryl methyl sites for hydroxylation is 3. The summed E-state index contributed by atoms with van der Waals surface area (Å²) in [5, 5.41) is 3.28. The van der Waals surface area contributed by atoms with Gasteiger partial charge >= 0.3 is 0 Å². The zero-order chi connectivity index (χ0) is 24.5. The van der Waals surface area contributed by atoms with Crippen molar-refractivity contribution < 1.29 is 14.3 Å². The molecule has 3 rings (SSSR count). The first kappa shape index (κ1) is 25.2. The predicted octanol–water partition coefficient (Wildman–Crippen LogP) is 6.53. The second-order valence-corrected chi connectivity index (χ2v) is 9.30. The zero-order valence-electron chi connectivity index (χ0n) is 20.6. The van der Waals surface area contributed by atoms with Crippen LogP contribution in [0.5, 0.6) is 5.75 Å². The lowest BCUT2D eigenvalue weighted by atomic mass is 9.93. The van der Waals surface area contributed by atoms with Crippen LogP contribution in [0.15, 0.2) is 66.7 Å². The van der Waals surface area contributed by atoms with E-state index in [1.807, 2.05) is 48.5 Å². The van der Waals surface area contributed by atoms with Gasteiger partial charge in [0.15, 0.2) is 0 Å². The van der Waals surface area contributed by atoms with E-state index in [0.29, 0.717) is 30.9 Å². The van der Waals surface area contributed by atoms with E-state index in [4.69, 9.17) is 4.74 Å². The van der Waals surface area contributed by atoms with Crippen molar-refractivity contribution in [3.8, 4) is 5.75 Å². The molecule has 0 spiro atoms. The summed E-state index contributed by atoms with van der Waals surface area (Å²) < 4.78 is 5.89. The summed E-state index contributed by atoms with van der Waals surface area (Å²) in [6.45, 7) is 8.89. The highest BCUT2D eigenvalue weighted by Gasteiger charge is 2.20. The first-order chi connectivity index (χ1) is 16.4. The predicted molar refractivity (Wildman–Crippen MR) is 137 cm³/mol. The summed E-state index contributed by atoms with van der Waals surface area (Å²) in [7, 11) is 0. The number of ether oxygens (including phenoxy) is 1. The Hall–Kier alpha value is -3.40. The van der Waals surface area contributed by atoms with Gasteiger partial charge in [-0.3, -0.25) is 4.79 Å². The molecule has 0 bridgehead atoms.